The molecule has 0 aromatic rings. The van der Waals surface area contributed by atoms with Gasteiger partial charge in [-0.2, -0.15) is 0 Å². The minimum absolute atomic E-state index is 0.307. The van der Waals surface area contributed by atoms with Gasteiger partial charge in [-0.1, -0.05) is 55.9 Å². The third kappa shape index (κ3) is 3.08. The first-order chi connectivity index (χ1) is 4.79. The van der Waals surface area contributed by atoms with E-state index in [1.807, 2.05) is 0 Å². The lowest BCUT2D eigenvalue weighted by molar-refractivity contribution is 0.741. The van der Waals surface area contributed by atoms with Crippen molar-refractivity contribution < 1.29 is 0 Å². The molecule has 0 rings (SSSR count). The van der Waals surface area contributed by atoms with Gasteiger partial charge in [0.05, 0.1) is 0 Å². The van der Waals surface area contributed by atoms with Crippen LogP contribution < -0.4 is 0 Å². The monoisotopic (exact) mass is 156 g/mol. The Balaban J connectivity index is 3.70. The van der Waals surface area contributed by atoms with Crippen LogP contribution in [0.25, 0.3) is 0 Å². The van der Waals surface area contributed by atoms with Crippen molar-refractivity contribution in [2.24, 2.45) is 0 Å². The van der Waals surface area contributed by atoms with Gasteiger partial charge in [-0.25, -0.2) is 0 Å². The second-order valence-electron chi connectivity index (χ2n) is 3.15. The molecular weight excluding hydrogens is 135 g/mol. The maximum atomic E-state index is 2.37. The van der Waals surface area contributed by atoms with Gasteiger partial charge in [-0.15, -0.1) is 0 Å². The van der Waals surface area contributed by atoms with Crippen LogP contribution >= 0.6 is 0 Å². The standard InChI is InChI=1S/C5H11.2C2H5.Al/c1-3-5-4-2;2*1-2;/h5H,3-4H2,1-2H3;2*1H2,2H3;. The lowest BCUT2D eigenvalue weighted by Crippen LogP contribution is -2.17. The molecule has 0 bridgehead atoms. The topological polar surface area (TPSA) is 0 Å². The first kappa shape index (κ1) is 10.5. The number of hydrogen-bond donors (Lipinski definition) is 0. The molecular formula is C9H21Al. The van der Waals surface area contributed by atoms with E-state index in [0.717, 1.165) is 4.78 Å². The second-order valence-corrected chi connectivity index (χ2v) is 7.25. The number of rotatable bonds is 5. The van der Waals surface area contributed by atoms with Crippen molar-refractivity contribution in [3.63, 3.8) is 0 Å². The molecule has 0 aliphatic carbocycles. The third-order valence-electron chi connectivity index (χ3n) is 2.76. The molecule has 0 atom stereocenters. The zero-order chi connectivity index (χ0) is 7.98. The lowest BCUT2D eigenvalue weighted by atomic mass is 10.3. The molecule has 1 heteroatoms. The average molecular weight is 156 g/mol. The summed E-state index contributed by atoms with van der Waals surface area (Å²) < 4.78 is 1.12. The molecule has 0 saturated heterocycles. The molecule has 0 unspecified atom stereocenters. The van der Waals surface area contributed by atoms with E-state index < -0.39 is 0 Å². The highest BCUT2D eigenvalue weighted by molar-refractivity contribution is 6.60. The predicted octanol–water partition coefficient (Wildman–Crippen LogP) is 3.71. The fourth-order valence-electron chi connectivity index (χ4n) is 1.91. The first-order valence-electron chi connectivity index (χ1n) is 4.79. The largest absolute Gasteiger partial charge is 0.264 e. The van der Waals surface area contributed by atoms with Gasteiger partial charge in [0.1, 0.15) is 0 Å². The minimum atomic E-state index is -0.307. The molecule has 10 heavy (non-hydrogen) atoms. The van der Waals surface area contributed by atoms with Gasteiger partial charge in [0.2, 0.25) is 0 Å². The van der Waals surface area contributed by atoms with E-state index >= 15 is 0 Å². The van der Waals surface area contributed by atoms with E-state index in [1.54, 1.807) is 0 Å². The highest BCUT2D eigenvalue weighted by atomic mass is 27.2. The van der Waals surface area contributed by atoms with E-state index in [-0.39, 0.29) is 14.1 Å². The second kappa shape index (κ2) is 6.26. The minimum Gasteiger partial charge on any atom is -0.0965 e. The summed E-state index contributed by atoms with van der Waals surface area (Å²) in [6.07, 6.45) is 2.85. The summed E-state index contributed by atoms with van der Waals surface area (Å²) in [6, 6.07) is 0. The van der Waals surface area contributed by atoms with Crippen LogP contribution in [0.4, 0.5) is 0 Å². The first-order valence-corrected chi connectivity index (χ1v) is 7.09. The molecule has 0 fully saturated rings. The normalized spacial score (nSPS) is 10.5. The highest BCUT2D eigenvalue weighted by Gasteiger charge is 2.20. The summed E-state index contributed by atoms with van der Waals surface area (Å²) in [6.45, 7) is 9.44. The van der Waals surface area contributed by atoms with Crippen molar-refractivity contribution in [2.75, 3.05) is 0 Å². The molecule has 0 aromatic heterocycles. The van der Waals surface area contributed by atoms with Crippen LogP contribution in [0.15, 0.2) is 0 Å². The quantitative estimate of drug-likeness (QED) is 0.532. The highest BCUT2D eigenvalue weighted by Crippen LogP contribution is 2.23. The van der Waals surface area contributed by atoms with Crippen molar-refractivity contribution in [3.8, 4) is 0 Å². The summed E-state index contributed by atoms with van der Waals surface area (Å²) in [4.78, 5) is 0. The molecule has 60 valence electrons. The zero-order valence-electron chi connectivity index (χ0n) is 7.98. The van der Waals surface area contributed by atoms with Crippen molar-refractivity contribution >= 4 is 14.1 Å². The van der Waals surface area contributed by atoms with E-state index in [9.17, 15) is 0 Å². The predicted molar refractivity (Wildman–Crippen MR) is 51.0 cm³/mol. The molecule has 0 spiro atoms. The van der Waals surface area contributed by atoms with Crippen LogP contribution in [0.5, 0.6) is 0 Å². The van der Waals surface area contributed by atoms with E-state index in [0.29, 0.717) is 0 Å². The molecule has 0 nitrogen and oxygen atoms in total. The Bertz CT molecular complexity index is 53.1. The number of hydrogen-bond acceptors (Lipinski definition) is 0. The Morgan fingerprint density at radius 3 is 1.40 bits per heavy atom. The van der Waals surface area contributed by atoms with E-state index in [4.69, 9.17) is 0 Å². The maximum absolute atomic E-state index is 2.37. The van der Waals surface area contributed by atoms with Gasteiger partial charge < -0.3 is 0 Å². The Kier molecular flexibility index (Phi) is 6.59. The smallest absolute Gasteiger partial charge is 0.0965 e. The molecule has 0 aromatic carbocycles. The molecule has 0 N–H and O–H groups in total. The van der Waals surface area contributed by atoms with Gasteiger partial charge >= 0.3 is 0 Å². The molecule has 0 aliphatic rings. The van der Waals surface area contributed by atoms with Crippen molar-refractivity contribution in [2.45, 2.75) is 55.9 Å². The third-order valence-corrected chi connectivity index (χ3v) is 7.14. The van der Waals surface area contributed by atoms with Crippen LogP contribution in [-0.4, -0.2) is 14.1 Å². The summed E-state index contributed by atoms with van der Waals surface area (Å²) in [7, 11) is 0. The summed E-state index contributed by atoms with van der Waals surface area (Å²) in [5, 5.41) is 3.01. The zero-order valence-corrected chi connectivity index (χ0v) is 9.14. The fourth-order valence-corrected chi connectivity index (χ4v) is 5.15. The van der Waals surface area contributed by atoms with Gasteiger partial charge in [-0.3, -0.25) is 0 Å². The van der Waals surface area contributed by atoms with Crippen molar-refractivity contribution in [1.29, 1.82) is 0 Å². The van der Waals surface area contributed by atoms with Crippen LogP contribution in [0.3, 0.4) is 0 Å². The molecule has 0 amide bonds. The van der Waals surface area contributed by atoms with Crippen LogP contribution in [0, 0.1) is 0 Å². The Hall–Kier alpha value is 0.532. The maximum Gasteiger partial charge on any atom is 0.264 e. The van der Waals surface area contributed by atoms with Crippen molar-refractivity contribution in [3.05, 3.63) is 0 Å². The summed E-state index contributed by atoms with van der Waals surface area (Å²) in [5.41, 5.74) is 0. The van der Waals surface area contributed by atoms with Gasteiger partial charge in [0, 0.05) is 0 Å². The Labute approximate surface area is 70.4 Å². The molecule has 0 aliphatic heterocycles. The van der Waals surface area contributed by atoms with Crippen LogP contribution in [-0.2, 0) is 0 Å². The fraction of sp³-hybridized carbons (Fsp3) is 1.00. The Morgan fingerprint density at radius 2 is 1.30 bits per heavy atom. The average Bonchev–Trinajstić information content (AvgIpc) is 2.00. The van der Waals surface area contributed by atoms with Crippen LogP contribution in [0.2, 0.25) is 15.3 Å². The van der Waals surface area contributed by atoms with Gasteiger partial charge in [-0.05, 0) is 0 Å². The summed E-state index contributed by atoms with van der Waals surface area (Å²) in [5.74, 6) is 0. The summed E-state index contributed by atoms with van der Waals surface area (Å²) >= 11 is -0.307. The van der Waals surface area contributed by atoms with Crippen molar-refractivity contribution in [1.82, 2.24) is 0 Å². The molecule has 0 heterocycles. The van der Waals surface area contributed by atoms with Crippen LogP contribution in [0.1, 0.15) is 40.5 Å². The van der Waals surface area contributed by atoms with Gasteiger partial charge in [0.15, 0.2) is 0 Å². The SMILES string of the molecule is CC[CH](CC)[Al]([CH2]C)[CH2]C. The molecule has 0 radical (unpaired) electrons. The van der Waals surface area contributed by atoms with Gasteiger partial charge in [0.25, 0.3) is 14.1 Å². The lowest BCUT2D eigenvalue weighted by Gasteiger charge is -2.16. The van der Waals surface area contributed by atoms with E-state index in [2.05, 4.69) is 27.7 Å². The Morgan fingerprint density at radius 1 is 0.900 bits per heavy atom. The molecule has 0 saturated carbocycles. The van der Waals surface area contributed by atoms with E-state index in [1.165, 1.54) is 23.4 Å².